The van der Waals surface area contributed by atoms with Crippen LogP contribution in [0.5, 0.6) is 5.75 Å². The Morgan fingerprint density at radius 1 is 0.960 bits per heavy atom. The summed E-state index contributed by atoms with van der Waals surface area (Å²) in [4.78, 5) is 13.0. The number of phenolic OH excluding ortho intramolecular Hbond substituents is 1. The predicted molar refractivity (Wildman–Crippen MR) is 104 cm³/mol. The van der Waals surface area contributed by atoms with E-state index < -0.39 is 0 Å². The zero-order valence-corrected chi connectivity index (χ0v) is 13.9. The molecule has 0 atom stereocenters. The van der Waals surface area contributed by atoms with Gasteiger partial charge in [0, 0.05) is 5.56 Å². The third-order valence-corrected chi connectivity index (χ3v) is 4.14. The molecule has 0 saturated heterocycles. The fraction of sp³-hybridized carbons (Fsp3) is 0.0455. The van der Waals surface area contributed by atoms with Gasteiger partial charge in [-0.05, 0) is 34.9 Å². The van der Waals surface area contributed by atoms with Crippen LogP contribution in [0.2, 0.25) is 0 Å². The van der Waals surface area contributed by atoms with Gasteiger partial charge in [-0.1, -0.05) is 67.8 Å². The van der Waals surface area contributed by atoms with Crippen LogP contribution in [0.1, 0.15) is 16.7 Å². The molecular weight excluding hydrogens is 310 g/mol. The van der Waals surface area contributed by atoms with Crippen molar-refractivity contribution in [2.75, 3.05) is 0 Å². The van der Waals surface area contributed by atoms with Gasteiger partial charge in [-0.15, -0.1) is 0 Å². The van der Waals surface area contributed by atoms with Crippen LogP contribution >= 0.6 is 0 Å². The molecule has 0 radical (unpaired) electrons. The van der Waals surface area contributed by atoms with Crippen molar-refractivity contribution in [1.82, 2.24) is 4.57 Å². The van der Waals surface area contributed by atoms with Crippen LogP contribution in [0.3, 0.4) is 0 Å². The monoisotopic (exact) mass is 329 g/mol. The number of hydrogen-bond donors (Lipinski definition) is 1. The van der Waals surface area contributed by atoms with Crippen molar-refractivity contribution < 1.29 is 5.11 Å². The predicted octanol–water partition coefficient (Wildman–Crippen LogP) is 4.56. The number of pyridine rings is 1. The Morgan fingerprint density at radius 3 is 2.24 bits per heavy atom. The Balaban J connectivity index is 2.23. The Morgan fingerprint density at radius 2 is 1.64 bits per heavy atom. The number of aromatic hydroxyl groups is 1. The maximum atomic E-state index is 13.0. The normalized spacial score (nSPS) is 10.4. The topological polar surface area (TPSA) is 42.2 Å². The van der Waals surface area contributed by atoms with Gasteiger partial charge in [0.15, 0.2) is 0 Å². The number of benzene rings is 2. The van der Waals surface area contributed by atoms with Crippen molar-refractivity contribution in [2.24, 2.45) is 0 Å². The smallest absolute Gasteiger partial charge is 0.259 e. The summed E-state index contributed by atoms with van der Waals surface area (Å²) in [6.45, 7) is 7.99. The zero-order valence-electron chi connectivity index (χ0n) is 13.9. The lowest BCUT2D eigenvalue weighted by Gasteiger charge is -2.16. The Labute approximate surface area is 146 Å². The molecule has 1 aromatic heterocycles. The molecule has 3 rings (SSSR count). The van der Waals surface area contributed by atoms with Crippen LogP contribution in [0.15, 0.2) is 78.6 Å². The Bertz CT molecular complexity index is 967. The summed E-state index contributed by atoms with van der Waals surface area (Å²) < 4.78 is 1.73. The third-order valence-electron chi connectivity index (χ3n) is 4.14. The van der Waals surface area contributed by atoms with Crippen molar-refractivity contribution in [3.8, 4) is 17.0 Å². The van der Waals surface area contributed by atoms with E-state index in [1.807, 2.05) is 48.5 Å². The van der Waals surface area contributed by atoms with Gasteiger partial charge < -0.3 is 9.67 Å². The van der Waals surface area contributed by atoms with Crippen LogP contribution < -0.4 is 5.56 Å². The summed E-state index contributed by atoms with van der Waals surface area (Å²) >= 11 is 0. The molecule has 3 heteroatoms. The summed E-state index contributed by atoms with van der Waals surface area (Å²) in [6.07, 6.45) is 3.25. The second-order valence-electron chi connectivity index (χ2n) is 5.73. The number of nitrogens with zero attached hydrogens (tertiary/aromatic N) is 1. The highest BCUT2D eigenvalue weighted by Crippen LogP contribution is 2.23. The minimum absolute atomic E-state index is 0.112. The van der Waals surface area contributed by atoms with Gasteiger partial charge in [-0.25, -0.2) is 0 Å². The van der Waals surface area contributed by atoms with Crippen LogP contribution in [0.25, 0.3) is 23.4 Å². The average Bonchev–Trinajstić information content (AvgIpc) is 2.65. The van der Waals surface area contributed by atoms with E-state index in [2.05, 4.69) is 13.2 Å². The first-order valence-electron chi connectivity index (χ1n) is 8.00. The fourth-order valence-electron chi connectivity index (χ4n) is 2.84. The maximum Gasteiger partial charge on any atom is 0.259 e. The van der Waals surface area contributed by atoms with Crippen molar-refractivity contribution in [1.29, 1.82) is 0 Å². The van der Waals surface area contributed by atoms with E-state index in [-0.39, 0.29) is 11.3 Å². The highest BCUT2D eigenvalue weighted by atomic mass is 16.3. The molecule has 0 amide bonds. The molecule has 1 heterocycles. The fourth-order valence-corrected chi connectivity index (χ4v) is 2.84. The second-order valence-corrected chi connectivity index (χ2v) is 5.73. The number of rotatable bonds is 5. The molecule has 0 aliphatic rings. The van der Waals surface area contributed by atoms with E-state index in [1.54, 1.807) is 28.9 Å². The van der Waals surface area contributed by atoms with Gasteiger partial charge in [0.25, 0.3) is 5.56 Å². The molecule has 124 valence electrons. The van der Waals surface area contributed by atoms with Gasteiger partial charge in [0.2, 0.25) is 0 Å². The summed E-state index contributed by atoms with van der Waals surface area (Å²) in [5.74, 6) is 0.202. The summed E-state index contributed by atoms with van der Waals surface area (Å²) in [5.41, 5.74) is 3.89. The van der Waals surface area contributed by atoms with Gasteiger partial charge in [-0.2, -0.15) is 0 Å². The van der Waals surface area contributed by atoms with Crippen LogP contribution in [0, 0.1) is 0 Å². The molecule has 0 saturated carbocycles. The average molecular weight is 329 g/mol. The van der Waals surface area contributed by atoms with Gasteiger partial charge in [-0.3, -0.25) is 4.79 Å². The Kier molecular flexibility index (Phi) is 4.66. The quantitative estimate of drug-likeness (QED) is 0.746. The SMILES string of the molecule is C=Cc1cc(-c2ccccc2)n(Cc2ccc(O)cc2)c(=O)c1C=C. The molecule has 0 aliphatic carbocycles. The number of phenols is 1. The van der Waals surface area contributed by atoms with E-state index in [1.165, 1.54) is 0 Å². The van der Waals surface area contributed by atoms with Crippen LogP contribution in [-0.4, -0.2) is 9.67 Å². The van der Waals surface area contributed by atoms with E-state index in [0.717, 1.165) is 22.4 Å². The molecule has 0 fully saturated rings. The lowest BCUT2D eigenvalue weighted by Crippen LogP contribution is -2.25. The van der Waals surface area contributed by atoms with E-state index in [0.29, 0.717) is 12.1 Å². The highest BCUT2D eigenvalue weighted by Gasteiger charge is 2.13. The van der Waals surface area contributed by atoms with E-state index >= 15 is 0 Å². The third kappa shape index (κ3) is 3.31. The number of hydrogen-bond acceptors (Lipinski definition) is 2. The number of aromatic nitrogens is 1. The second kappa shape index (κ2) is 7.05. The largest absolute Gasteiger partial charge is 0.508 e. The molecule has 3 nitrogen and oxygen atoms in total. The molecule has 2 aromatic carbocycles. The highest BCUT2D eigenvalue weighted by molar-refractivity contribution is 5.70. The minimum atomic E-state index is -0.112. The zero-order chi connectivity index (χ0) is 17.8. The summed E-state index contributed by atoms with van der Waals surface area (Å²) in [7, 11) is 0. The standard InChI is InChI=1S/C22H19NO2/c1-3-17-14-21(18-8-6-5-7-9-18)23(22(25)20(17)4-2)15-16-10-12-19(24)13-11-16/h3-14,24H,1-2,15H2. The van der Waals surface area contributed by atoms with Crippen molar-refractivity contribution in [3.05, 3.63) is 101 Å². The van der Waals surface area contributed by atoms with Crippen molar-refractivity contribution >= 4 is 12.2 Å². The molecule has 0 spiro atoms. The molecule has 0 bridgehead atoms. The van der Waals surface area contributed by atoms with Crippen molar-refractivity contribution in [3.63, 3.8) is 0 Å². The summed E-state index contributed by atoms with van der Waals surface area (Å²) in [6, 6.07) is 18.6. The summed E-state index contributed by atoms with van der Waals surface area (Å²) in [5, 5.41) is 9.47. The first-order valence-corrected chi connectivity index (χ1v) is 8.00. The lowest BCUT2D eigenvalue weighted by molar-refractivity contribution is 0.475. The minimum Gasteiger partial charge on any atom is -0.508 e. The Hall–Kier alpha value is -3.33. The molecule has 25 heavy (non-hydrogen) atoms. The van der Waals surface area contributed by atoms with Gasteiger partial charge in [0.05, 0.1) is 12.2 Å². The molecule has 0 aliphatic heterocycles. The lowest BCUT2D eigenvalue weighted by atomic mass is 10.0. The van der Waals surface area contributed by atoms with Gasteiger partial charge >= 0.3 is 0 Å². The van der Waals surface area contributed by atoms with Crippen LogP contribution in [-0.2, 0) is 6.54 Å². The molecular formula is C22H19NO2. The van der Waals surface area contributed by atoms with Crippen LogP contribution in [0.4, 0.5) is 0 Å². The van der Waals surface area contributed by atoms with Gasteiger partial charge in [0.1, 0.15) is 5.75 Å². The molecule has 0 unspecified atom stereocenters. The maximum absolute atomic E-state index is 13.0. The molecule has 1 N–H and O–H groups in total. The molecule has 3 aromatic rings. The van der Waals surface area contributed by atoms with E-state index in [4.69, 9.17) is 0 Å². The first-order chi connectivity index (χ1) is 12.1. The van der Waals surface area contributed by atoms with E-state index in [9.17, 15) is 9.90 Å². The first kappa shape index (κ1) is 16.5. The van der Waals surface area contributed by atoms with Crippen molar-refractivity contribution in [2.45, 2.75) is 6.54 Å².